The van der Waals surface area contributed by atoms with Gasteiger partial charge in [-0.2, -0.15) is 5.10 Å². The van der Waals surface area contributed by atoms with Gasteiger partial charge in [0.05, 0.1) is 17.3 Å². The predicted molar refractivity (Wildman–Crippen MR) is 109 cm³/mol. The Morgan fingerprint density at radius 3 is 2.79 bits per heavy atom. The Morgan fingerprint density at radius 2 is 2.00 bits per heavy atom. The number of hydrogen-bond donors (Lipinski definition) is 1. The van der Waals surface area contributed by atoms with Crippen molar-refractivity contribution in [2.24, 2.45) is 7.05 Å². The molecule has 3 aromatic heterocycles. The molecule has 1 aliphatic rings. The van der Waals surface area contributed by atoms with E-state index in [1.54, 1.807) is 24.7 Å². The number of rotatable bonds is 3. The zero-order chi connectivity index (χ0) is 20.0. The number of nitrogens with one attached hydrogen (secondary N) is 1. The third kappa shape index (κ3) is 3.04. The molecule has 0 aliphatic carbocycles. The Labute approximate surface area is 167 Å². The van der Waals surface area contributed by atoms with Gasteiger partial charge in [-0.05, 0) is 31.9 Å². The lowest BCUT2D eigenvalue weighted by Crippen LogP contribution is -2.34. The van der Waals surface area contributed by atoms with Crippen LogP contribution in [0.5, 0.6) is 0 Å². The van der Waals surface area contributed by atoms with Crippen LogP contribution in [0.25, 0.3) is 22.3 Å². The first-order valence-electron chi connectivity index (χ1n) is 9.80. The standard InChI is InChI=1S/C21H22FN7/c1-13-18(15-4-3-5-16(22)10-15)26-20(28(13)2)14-6-8-29(9-7-14)21-17-11-25-27-19(17)23-12-24-21/h3-5,10-12,14H,6-9H2,1-2H3,(H,23,24,25,27). The smallest absolute Gasteiger partial charge is 0.160 e. The molecule has 0 spiro atoms. The van der Waals surface area contributed by atoms with Gasteiger partial charge in [0.15, 0.2) is 5.65 Å². The zero-order valence-electron chi connectivity index (χ0n) is 16.4. The molecule has 0 atom stereocenters. The number of halogens is 1. The summed E-state index contributed by atoms with van der Waals surface area (Å²) in [5.41, 5.74) is 3.51. The summed E-state index contributed by atoms with van der Waals surface area (Å²) >= 11 is 0. The van der Waals surface area contributed by atoms with Crippen molar-refractivity contribution in [1.29, 1.82) is 0 Å². The van der Waals surface area contributed by atoms with Crippen LogP contribution in [0.2, 0.25) is 0 Å². The molecular formula is C21H22FN7. The number of hydrogen-bond acceptors (Lipinski definition) is 5. The molecule has 0 radical (unpaired) electrons. The number of aromatic amines is 1. The summed E-state index contributed by atoms with van der Waals surface area (Å²) in [6.45, 7) is 3.83. The van der Waals surface area contributed by atoms with E-state index in [2.05, 4.69) is 29.6 Å². The fourth-order valence-electron chi connectivity index (χ4n) is 4.23. The monoisotopic (exact) mass is 391 g/mol. The molecule has 8 heteroatoms. The van der Waals surface area contributed by atoms with Crippen molar-refractivity contribution in [3.05, 3.63) is 54.1 Å². The van der Waals surface area contributed by atoms with Crippen molar-refractivity contribution >= 4 is 16.9 Å². The second-order valence-electron chi connectivity index (χ2n) is 7.56. The van der Waals surface area contributed by atoms with E-state index in [0.717, 1.165) is 65.6 Å². The van der Waals surface area contributed by atoms with Crippen molar-refractivity contribution < 1.29 is 4.39 Å². The summed E-state index contributed by atoms with van der Waals surface area (Å²) < 4.78 is 15.8. The first-order valence-corrected chi connectivity index (χ1v) is 9.80. The van der Waals surface area contributed by atoms with E-state index in [1.807, 2.05) is 20.0 Å². The van der Waals surface area contributed by atoms with Crippen molar-refractivity contribution in [3.63, 3.8) is 0 Å². The van der Waals surface area contributed by atoms with Crippen LogP contribution >= 0.6 is 0 Å². The molecule has 1 aliphatic heterocycles. The molecule has 5 rings (SSSR count). The highest BCUT2D eigenvalue weighted by molar-refractivity contribution is 5.86. The summed E-state index contributed by atoms with van der Waals surface area (Å²) in [4.78, 5) is 15.9. The van der Waals surface area contributed by atoms with E-state index in [4.69, 9.17) is 4.98 Å². The largest absolute Gasteiger partial charge is 0.356 e. The Bertz CT molecular complexity index is 1170. The van der Waals surface area contributed by atoms with Gasteiger partial charge < -0.3 is 9.47 Å². The summed E-state index contributed by atoms with van der Waals surface area (Å²) in [6, 6.07) is 6.65. The van der Waals surface area contributed by atoms with Gasteiger partial charge in [0.2, 0.25) is 0 Å². The SMILES string of the molecule is Cc1c(-c2cccc(F)c2)nc(C2CCN(c3ncnc4[nH]ncc34)CC2)n1C. The predicted octanol–water partition coefficient (Wildman–Crippen LogP) is 3.58. The van der Waals surface area contributed by atoms with Crippen LogP contribution in [-0.2, 0) is 7.05 Å². The van der Waals surface area contributed by atoms with Crippen molar-refractivity contribution in [2.75, 3.05) is 18.0 Å². The number of H-pyrrole nitrogens is 1. The molecule has 7 nitrogen and oxygen atoms in total. The van der Waals surface area contributed by atoms with Crippen LogP contribution in [0.1, 0.15) is 30.3 Å². The number of nitrogens with zero attached hydrogens (tertiary/aromatic N) is 6. The fourth-order valence-corrected chi connectivity index (χ4v) is 4.23. The van der Waals surface area contributed by atoms with Gasteiger partial charge in [0.1, 0.15) is 23.8 Å². The van der Waals surface area contributed by atoms with Crippen LogP contribution in [0.4, 0.5) is 10.2 Å². The number of anilines is 1. The Kier molecular flexibility index (Phi) is 4.26. The van der Waals surface area contributed by atoms with Gasteiger partial charge in [0, 0.05) is 37.3 Å². The molecular weight excluding hydrogens is 369 g/mol. The lowest BCUT2D eigenvalue weighted by Gasteiger charge is -2.32. The quantitative estimate of drug-likeness (QED) is 0.578. The lowest BCUT2D eigenvalue weighted by atomic mass is 9.96. The molecule has 1 N–H and O–H groups in total. The lowest BCUT2D eigenvalue weighted by molar-refractivity contribution is 0.473. The minimum atomic E-state index is -0.238. The second-order valence-corrected chi connectivity index (χ2v) is 7.56. The topological polar surface area (TPSA) is 75.5 Å². The molecule has 1 aromatic carbocycles. The molecule has 1 fully saturated rings. The second kappa shape index (κ2) is 6.95. The van der Waals surface area contributed by atoms with Crippen LogP contribution in [-0.4, -0.2) is 42.8 Å². The van der Waals surface area contributed by atoms with Crippen molar-refractivity contribution in [1.82, 2.24) is 29.7 Å². The van der Waals surface area contributed by atoms with Gasteiger partial charge >= 0.3 is 0 Å². The molecule has 0 bridgehead atoms. The van der Waals surface area contributed by atoms with Gasteiger partial charge in [-0.25, -0.2) is 19.3 Å². The first kappa shape index (κ1) is 17.8. The van der Waals surface area contributed by atoms with Crippen LogP contribution < -0.4 is 4.90 Å². The van der Waals surface area contributed by atoms with E-state index in [-0.39, 0.29) is 5.82 Å². The van der Waals surface area contributed by atoms with Crippen LogP contribution in [0, 0.1) is 12.7 Å². The van der Waals surface area contributed by atoms with E-state index in [9.17, 15) is 4.39 Å². The molecule has 0 amide bonds. The first-order chi connectivity index (χ1) is 14.1. The molecule has 29 heavy (non-hydrogen) atoms. The molecule has 4 aromatic rings. The third-order valence-electron chi connectivity index (χ3n) is 5.90. The molecule has 0 unspecified atom stereocenters. The van der Waals surface area contributed by atoms with E-state index >= 15 is 0 Å². The maximum atomic E-state index is 13.7. The van der Waals surface area contributed by atoms with Gasteiger partial charge in [-0.3, -0.25) is 5.10 Å². The van der Waals surface area contributed by atoms with Crippen LogP contribution in [0.3, 0.4) is 0 Å². The highest BCUT2D eigenvalue weighted by Gasteiger charge is 2.27. The molecule has 0 saturated carbocycles. The highest BCUT2D eigenvalue weighted by Crippen LogP contribution is 2.34. The Morgan fingerprint density at radius 1 is 1.17 bits per heavy atom. The van der Waals surface area contributed by atoms with E-state index in [1.165, 1.54) is 6.07 Å². The molecule has 1 saturated heterocycles. The van der Waals surface area contributed by atoms with Crippen LogP contribution in [0.15, 0.2) is 36.8 Å². The van der Waals surface area contributed by atoms with Crippen molar-refractivity contribution in [3.8, 4) is 11.3 Å². The number of benzene rings is 1. The van der Waals surface area contributed by atoms with E-state index < -0.39 is 0 Å². The number of piperidine rings is 1. The number of fused-ring (bicyclic) bond motifs is 1. The average molecular weight is 391 g/mol. The fraction of sp³-hybridized carbons (Fsp3) is 0.333. The zero-order valence-corrected chi connectivity index (χ0v) is 16.4. The van der Waals surface area contributed by atoms with Gasteiger partial charge in [-0.1, -0.05) is 12.1 Å². The Hall–Kier alpha value is -3.29. The third-order valence-corrected chi connectivity index (χ3v) is 5.90. The van der Waals surface area contributed by atoms with Gasteiger partial charge in [-0.15, -0.1) is 0 Å². The summed E-state index contributed by atoms with van der Waals surface area (Å²) in [5.74, 6) is 2.12. The molecule has 148 valence electrons. The van der Waals surface area contributed by atoms with E-state index in [0.29, 0.717) is 5.92 Å². The normalized spacial score (nSPS) is 15.3. The Balaban J connectivity index is 1.39. The minimum absolute atomic E-state index is 0.238. The maximum absolute atomic E-state index is 13.7. The highest BCUT2D eigenvalue weighted by atomic mass is 19.1. The van der Waals surface area contributed by atoms with Crippen molar-refractivity contribution in [2.45, 2.75) is 25.7 Å². The maximum Gasteiger partial charge on any atom is 0.160 e. The summed E-state index contributed by atoms with van der Waals surface area (Å²) in [7, 11) is 2.05. The summed E-state index contributed by atoms with van der Waals surface area (Å²) in [5, 5.41) is 7.94. The number of aromatic nitrogens is 6. The number of imidazole rings is 1. The summed E-state index contributed by atoms with van der Waals surface area (Å²) in [6.07, 6.45) is 5.33. The minimum Gasteiger partial charge on any atom is -0.356 e. The molecule has 4 heterocycles. The average Bonchev–Trinajstić information content (AvgIpc) is 3.33. The van der Waals surface area contributed by atoms with Gasteiger partial charge in [0.25, 0.3) is 0 Å².